The zero-order valence-electron chi connectivity index (χ0n) is 7.97. The number of carbonyl (C=O) groups is 2. The van der Waals surface area contributed by atoms with E-state index in [1.807, 2.05) is 13.8 Å². The van der Waals surface area contributed by atoms with E-state index in [0.29, 0.717) is 11.1 Å². The summed E-state index contributed by atoms with van der Waals surface area (Å²) in [6, 6.07) is 0. The van der Waals surface area contributed by atoms with Gasteiger partial charge in [-0.2, -0.15) is 0 Å². The van der Waals surface area contributed by atoms with Gasteiger partial charge in [0.25, 0.3) is 0 Å². The summed E-state index contributed by atoms with van der Waals surface area (Å²) in [4.78, 5) is 20.8. The number of allylic oxidation sites excluding steroid dienone is 4. The van der Waals surface area contributed by atoms with Crippen molar-refractivity contribution < 1.29 is 9.59 Å². The first-order chi connectivity index (χ1) is 5.54. The minimum absolute atomic E-state index is 0.675. The van der Waals surface area contributed by atoms with Crippen molar-refractivity contribution in [3.63, 3.8) is 0 Å². The molecule has 0 radical (unpaired) electrons. The molecule has 2 nitrogen and oxygen atoms in total. The maximum absolute atomic E-state index is 10.4. The van der Waals surface area contributed by atoms with Crippen molar-refractivity contribution >= 4 is 12.6 Å². The van der Waals surface area contributed by atoms with Crippen molar-refractivity contribution in [3.8, 4) is 0 Å². The number of aldehydes is 2. The predicted octanol–water partition coefficient (Wildman–Crippen LogP) is 2.06. The number of hydrogen-bond acceptors (Lipinski definition) is 2. The molecule has 0 aromatic heterocycles. The summed E-state index contributed by atoms with van der Waals surface area (Å²) in [7, 11) is 0. The minimum atomic E-state index is 0.675. The van der Waals surface area contributed by atoms with Gasteiger partial charge < -0.3 is 0 Å². The maximum atomic E-state index is 10.4. The van der Waals surface area contributed by atoms with E-state index in [9.17, 15) is 9.59 Å². The van der Waals surface area contributed by atoms with Gasteiger partial charge in [0, 0.05) is 0 Å². The van der Waals surface area contributed by atoms with Crippen molar-refractivity contribution in [2.24, 2.45) is 0 Å². The highest BCUT2D eigenvalue weighted by Gasteiger charge is 2.01. The van der Waals surface area contributed by atoms with E-state index in [1.54, 1.807) is 13.8 Å². The largest absolute Gasteiger partial charge is 0.298 e. The van der Waals surface area contributed by atoms with E-state index >= 15 is 0 Å². The number of carbonyl (C=O) groups excluding carboxylic acids is 2. The van der Waals surface area contributed by atoms with Crippen LogP contribution in [0, 0.1) is 0 Å². The molecule has 0 bridgehead atoms. The molecule has 12 heavy (non-hydrogen) atoms. The second-order valence-corrected chi connectivity index (χ2v) is 2.85. The fourth-order valence-corrected chi connectivity index (χ4v) is 0.768. The molecule has 0 aromatic carbocycles. The zero-order chi connectivity index (χ0) is 9.72. The van der Waals surface area contributed by atoms with Crippen molar-refractivity contribution in [3.05, 3.63) is 22.3 Å². The zero-order valence-corrected chi connectivity index (χ0v) is 7.97. The van der Waals surface area contributed by atoms with Crippen LogP contribution in [0.1, 0.15) is 27.7 Å². The van der Waals surface area contributed by atoms with Crippen LogP contribution in [0.4, 0.5) is 0 Å². The van der Waals surface area contributed by atoms with Crippen LogP contribution in [0.3, 0.4) is 0 Å². The Bertz CT molecular complexity index is 229. The molecule has 2 heteroatoms. The van der Waals surface area contributed by atoms with E-state index in [2.05, 4.69) is 0 Å². The van der Waals surface area contributed by atoms with E-state index in [-0.39, 0.29) is 0 Å². The molecule has 0 saturated heterocycles. The summed E-state index contributed by atoms with van der Waals surface area (Å²) >= 11 is 0. The summed E-state index contributed by atoms with van der Waals surface area (Å²) in [5, 5.41) is 0. The Morgan fingerprint density at radius 3 is 1.17 bits per heavy atom. The predicted molar refractivity (Wildman–Crippen MR) is 48.9 cm³/mol. The minimum Gasteiger partial charge on any atom is -0.298 e. The Balaban J connectivity index is 5.07. The molecule has 0 atom stereocenters. The first kappa shape index (κ1) is 10.8. The average molecular weight is 166 g/mol. The molecule has 66 valence electrons. The topological polar surface area (TPSA) is 34.1 Å². The molecular weight excluding hydrogens is 152 g/mol. The van der Waals surface area contributed by atoms with Crippen molar-refractivity contribution in [2.75, 3.05) is 0 Å². The van der Waals surface area contributed by atoms with Crippen LogP contribution in [0.15, 0.2) is 22.3 Å². The summed E-state index contributed by atoms with van der Waals surface area (Å²) in [5.74, 6) is 0. The molecule has 0 spiro atoms. The quantitative estimate of drug-likeness (QED) is 0.365. The second-order valence-electron chi connectivity index (χ2n) is 2.85. The Morgan fingerprint density at radius 2 is 1.00 bits per heavy atom. The average Bonchev–Trinajstić information content (AvgIpc) is 2.12. The van der Waals surface area contributed by atoms with Gasteiger partial charge in [-0.15, -0.1) is 0 Å². The molecule has 0 aliphatic rings. The molecule has 0 rings (SSSR count). The number of rotatable bonds is 3. The van der Waals surface area contributed by atoms with Crippen LogP contribution in [0.25, 0.3) is 0 Å². The molecule has 0 saturated carbocycles. The molecule has 0 aromatic rings. The van der Waals surface area contributed by atoms with Gasteiger partial charge in [-0.1, -0.05) is 0 Å². The summed E-state index contributed by atoms with van der Waals surface area (Å²) in [6.07, 6.45) is 1.60. The van der Waals surface area contributed by atoms with Gasteiger partial charge in [-0.25, -0.2) is 0 Å². The normalized spacial score (nSPS) is 14.7. The van der Waals surface area contributed by atoms with Crippen LogP contribution in [-0.2, 0) is 9.59 Å². The third-order valence-corrected chi connectivity index (χ3v) is 2.10. The van der Waals surface area contributed by atoms with Gasteiger partial charge >= 0.3 is 0 Å². The highest BCUT2D eigenvalue weighted by atomic mass is 16.1. The molecule has 0 fully saturated rings. The van der Waals surface area contributed by atoms with Gasteiger partial charge in [0.2, 0.25) is 0 Å². The molecule has 0 heterocycles. The Hall–Kier alpha value is -1.18. The van der Waals surface area contributed by atoms with Crippen LogP contribution in [0.5, 0.6) is 0 Å². The molecule has 0 aliphatic heterocycles. The summed E-state index contributed by atoms with van der Waals surface area (Å²) in [5.41, 5.74) is 3.12. The molecular formula is C10H14O2. The standard InChI is InChI=1S/C10H14O2/c1-7(5-11)9(3)10(4)8(2)6-12/h5-6H,1-4H3/b9-7+,10-8+. The van der Waals surface area contributed by atoms with Gasteiger partial charge in [-0.3, -0.25) is 9.59 Å². The Kier molecular flexibility index (Phi) is 4.19. The lowest BCUT2D eigenvalue weighted by Gasteiger charge is -2.04. The highest BCUT2D eigenvalue weighted by molar-refractivity contribution is 5.79. The van der Waals surface area contributed by atoms with Gasteiger partial charge in [0.1, 0.15) is 12.6 Å². The van der Waals surface area contributed by atoms with Gasteiger partial charge in [0.15, 0.2) is 0 Å². The first-order valence-electron chi connectivity index (χ1n) is 3.80. The van der Waals surface area contributed by atoms with E-state index in [0.717, 1.165) is 23.7 Å². The van der Waals surface area contributed by atoms with Gasteiger partial charge in [-0.05, 0) is 50.0 Å². The Labute approximate surface area is 73.0 Å². The third kappa shape index (κ3) is 2.46. The third-order valence-electron chi connectivity index (χ3n) is 2.10. The SMILES string of the molecule is C/C(C=O)=C(C)\C(C)=C(/C)C=O. The smallest absolute Gasteiger partial charge is 0.146 e. The summed E-state index contributed by atoms with van der Waals surface area (Å²) in [6.45, 7) is 7.16. The van der Waals surface area contributed by atoms with Crippen LogP contribution >= 0.6 is 0 Å². The lowest BCUT2D eigenvalue weighted by Crippen LogP contribution is -1.92. The lowest BCUT2D eigenvalue weighted by molar-refractivity contribution is -0.105. The van der Waals surface area contributed by atoms with Crippen LogP contribution in [-0.4, -0.2) is 12.6 Å². The van der Waals surface area contributed by atoms with E-state index in [1.165, 1.54) is 0 Å². The number of hydrogen-bond donors (Lipinski definition) is 0. The van der Waals surface area contributed by atoms with Gasteiger partial charge in [0.05, 0.1) is 0 Å². The second kappa shape index (κ2) is 4.65. The fraction of sp³-hybridized carbons (Fsp3) is 0.400. The van der Waals surface area contributed by atoms with Crippen molar-refractivity contribution in [1.82, 2.24) is 0 Å². The molecule has 0 N–H and O–H groups in total. The Morgan fingerprint density at radius 1 is 0.750 bits per heavy atom. The fourth-order valence-electron chi connectivity index (χ4n) is 0.768. The molecule has 0 aliphatic carbocycles. The van der Waals surface area contributed by atoms with E-state index in [4.69, 9.17) is 0 Å². The van der Waals surface area contributed by atoms with Crippen molar-refractivity contribution in [1.29, 1.82) is 0 Å². The van der Waals surface area contributed by atoms with E-state index < -0.39 is 0 Å². The van der Waals surface area contributed by atoms with Crippen LogP contribution < -0.4 is 0 Å². The summed E-state index contributed by atoms with van der Waals surface area (Å²) < 4.78 is 0. The monoisotopic (exact) mass is 166 g/mol. The van der Waals surface area contributed by atoms with Crippen molar-refractivity contribution in [2.45, 2.75) is 27.7 Å². The lowest BCUT2D eigenvalue weighted by atomic mass is 10.0. The maximum Gasteiger partial charge on any atom is 0.146 e. The first-order valence-corrected chi connectivity index (χ1v) is 3.80. The highest BCUT2D eigenvalue weighted by Crippen LogP contribution is 2.15. The molecule has 0 amide bonds. The van der Waals surface area contributed by atoms with Crippen LogP contribution in [0.2, 0.25) is 0 Å². The molecule has 0 unspecified atom stereocenters.